The van der Waals surface area contributed by atoms with Crippen LogP contribution in [0.15, 0.2) is 54.7 Å². The molecule has 1 aliphatic carbocycles. The Morgan fingerprint density at radius 3 is 2.38 bits per heavy atom. The van der Waals surface area contributed by atoms with Crippen LogP contribution in [0.4, 0.5) is 0 Å². The quantitative estimate of drug-likeness (QED) is 0.129. The Morgan fingerprint density at radius 2 is 1.85 bits per heavy atom. The van der Waals surface area contributed by atoms with Crippen LogP contribution in [-0.2, 0) is 21.5 Å². The largest absolute Gasteiger partial charge is 0.387 e. The van der Waals surface area contributed by atoms with E-state index in [-0.39, 0.29) is 8.98 Å². The zero-order valence-electron chi connectivity index (χ0n) is 18.3. The van der Waals surface area contributed by atoms with Crippen molar-refractivity contribution in [1.29, 1.82) is 0 Å². The lowest BCUT2D eigenvalue weighted by Gasteiger charge is -2.36. The molecule has 3 atom stereocenters. The SMILES string of the molecule is NC(Cc1ccccc1)C(O)C(I)(OC1CCCC1)C(I)=S(=O)=O.c1cc2nc3cnc2cc13. The van der Waals surface area contributed by atoms with Gasteiger partial charge in [-0.1, -0.05) is 49.2 Å². The van der Waals surface area contributed by atoms with Crippen LogP contribution in [0.1, 0.15) is 31.2 Å². The van der Waals surface area contributed by atoms with E-state index in [0.717, 1.165) is 47.8 Å². The molecule has 6 aromatic rings. The number of hydrogen-bond donors (Lipinski definition) is 2. The summed E-state index contributed by atoms with van der Waals surface area (Å²) < 4.78 is 27.8. The summed E-state index contributed by atoms with van der Waals surface area (Å²) in [6, 6.07) is 15.1. The monoisotopic (exact) mass is 705 g/mol. The van der Waals surface area contributed by atoms with Crippen LogP contribution in [0.3, 0.4) is 0 Å². The van der Waals surface area contributed by atoms with Crippen LogP contribution in [0.5, 0.6) is 0 Å². The van der Waals surface area contributed by atoms with E-state index in [1.807, 2.05) is 65.2 Å². The number of pyridine rings is 3. The first-order valence-electron chi connectivity index (χ1n) is 11.0. The van der Waals surface area contributed by atoms with Crippen molar-refractivity contribution >= 4 is 80.3 Å². The molecule has 34 heavy (non-hydrogen) atoms. The topological polar surface area (TPSA) is 115 Å². The highest BCUT2D eigenvalue weighted by molar-refractivity contribution is 14.1. The van der Waals surface area contributed by atoms with Gasteiger partial charge >= 0.3 is 0 Å². The van der Waals surface area contributed by atoms with Crippen molar-refractivity contribution in [3.8, 4) is 0 Å². The van der Waals surface area contributed by atoms with Crippen molar-refractivity contribution in [3.63, 3.8) is 0 Å². The van der Waals surface area contributed by atoms with Gasteiger partial charge in [0.05, 0.1) is 28.9 Å². The number of rotatable bonds is 7. The molecule has 0 amide bonds. The third-order valence-corrected chi connectivity index (χ3v) is 11.3. The Bertz CT molecular complexity index is 1260. The normalized spacial score (nSPS) is 17.9. The first-order valence-corrected chi connectivity index (χ1v) is 14.2. The van der Waals surface area contributed by atoms with Gasteiger partial charge in [0.25, 0.3) is 0 Å². The lowest BCUT2D eigenvalue weighted by Crippen LogP contribution is -2.55. The standard InChI is InChI=1S/C16H21I2NO4S.C8H4N2/c17-15(24(21)22)16(18,23-12-8-4-5-9-12)14(20)13(19)10-11-6-2-1-3-7-11;1-2-6-7-3-5(1)8(10-6)4-9-7/h1-3,6-7,12-14,20H,4-5,8-10,19H2;1-4H. The fourth-order valence-corrected chi connectivity index (χ4v) is 6.38. The highest BCUT2D eigenvalue weighted by Crippen LogP contribution is 2.37. The van der Waals surface area contributed by atoms with Crippen molar-refractivity contribution in [2.45, 2.75) is 54.0 Å². The summed E-state index contributed by atoms with van der Waals surface area (Å²) in [6.45, 7) is 0. The number of fused-ring (bicyclic) bond motifs is 2. The van der Waals surface area contributed by atoms with Crippen molar-refractivity contribution in [2.75, 3.05) is 0 Å². The molecule has 4 bridgehead atoms. The molecule has 1 saturated carbocycles. The van der Waals surface area contributed by atoms with Crippen LogP contribution in [0.25, 0.3) is 21.9 Å². The van der Waals surface area contributed by atoms with Gasteiger partial charge < -0.3 is 15.6 Å². The molecule has 0 radical (unpaired) electrons. The van der Waals surface area contributed by atoms with E-state index in [9.17, 15) is 13.5 Å². The van der Waals surface area contributed by atoms with Gasteiger partial charge in [0, 0.05) is 11.4 Å². The highest BCUT2D eigenvalue weighted by atomic mass is 127. The minimum absolute atomic E-state index is 0.0450. The average Bonchev–Trinajstić information content (AvgIpc) is 3.37. The van der Waals surface area contributed by atoms with E-state index in [4.69, 9.17) is 10.5 Å². The third-order valence-electron chi connectivity index (χ3n) is 5.99. The van der Waals surface area contributed by atoms with E-state index in [1.165, 1.54) is 5.39 Å². The Labute approximate surface area is 227 Å². The number of aliphatic hydroxyl groups excluding tert-OH is 1. The molecule has 4 aromatic heterocycles. The molecule has 1 fully saturated rings. The van der Waals surface area contributed by atoms with Crippen LogP contribution in [0, 0.1) is 0 Å². The number of halogens is 2. The summed E-state index contributed by atoms with van der Waals surface area (Å²) in [5, 5.41) is 12.0. The van der Waals surface area contributed by atoms with Gasteiger partial charge in [-0.2, -0.15) is 8.42 Å². The average molecular weight is 705 g/mol. The molecule has 0 saturated heterocycles. The molecular weight excluding hydrogens is 680 g/mol. The maximum absolute atomic E-state index is 11.5. The molecule has 0 spiro atoms. The molecule has 7 rings (SSSR count). The minimum atomic E-state index is -2.46. The number of nitrogens with zero attached hydrogens (tertiary/aromatic N) is 2. The Hall–Kier alpha value is -1.19. The van der Waals surface area contributed by atoms with Crippen LogP contribution < -0.4 is 5.73 Å². The zero-order valence-corrected chi connectivity index (χ0v) is 23.4. The molecule has 7 nitrogen and oxygen atoms in total. The highest BCUT2D eigenvalue weighted by Gasteiger charge is 2.46. The van der Waals surface area contributed by atoms with E-state index in [0.29, 0.717) is 6.42 Å². The number of aromatic nitrogens is 2. The lowest BCUT2D eigenvalue weighted by molar-refractivity contribution is -0.0545. The van der Waals surface area contributed by atoms with Crippen LogP contribution in [-0.4, -0.2) is 48.2 Å². The van der Waals surface area contributed by atoms with Crippen LogP contribution in [0.2, 0.25) is 0 Å². The van der Waals surface area contributed by atoms with Crippen molar-refractivity contribution < 1.29 is 18.3 Å². The summed E-state index contributed by atoms with van der Waals surface area (Å²) in [6.07, 6.45) is 4.94. The zero-order chi connectivity index (χ0) is 24.3. The number of benzene rings is 2. The fourth-order valence-electron chi connectivity index (χ4n) is 4.18. The minimum Gasteiger partial charge on any atom is -0.387 e. The number of aliphatic hydroxyl groups is 1. The van der Waals surface area contributed by atoms with Gasteiger partial charge in [0.15, 0.2) is 6.48 Å². The van der Waals surface area contributed by atoms with E-state index in [2.05, 4.69) is 22.1 Å². The molecule has 4 heterocycles. The van der Waals surface area contributed by atoms with Gasteiger partial charge in [-0.25, -0.2) is 4.98 Å². The van der Waals surface area contributed by atoms with Gasteiger partial charge in [-0.05, 0) is 82.1 Å². The summed E-state index contributed by atoms with van der Waals surface area (Å²) in [4.78, 5) is 8.49. The summed E-state index contributed by atoms with van der Waals surface area (Å²) >= 11 is 3.63. The van der Waals surface area contributed by atoms with Crippen LogP contribution >= 0.6 is 45.2 Å². The second kappa shape index (κ2) is 11.2. The van der Waals surface area contributed by atoms with Gasteiger partial charge in [-0.15, -0.1) is 0 Å². The number of alkyl halides is 1. The summed E-state index contributed by atoms with van der Waals surface area (Å²) in [5.74, 6) is 0. The molecule has 10 heteroatoms. The molecular formula is C24H25I2N3O4S. The van der Waals surface area contributed by atoms with Crippen molar-refractivity contribution in [3.05, 3.63) is 60.3 Å². The molecule has 1 aliphatic rings. The predicted molar refractivity (Wildman–Crippen MR) is 152 cm³/mol. The number of nitrogens with two attached hydrogens (primary N) is 1. The van der Waals surface area contributed by atoms with E-state index >= 15 is 0 Å². The number of ether oxygens (including phenoxy) is 1. The molecule has 180 valence electrons. The maximum atomic E-state index is 11.5. The van der Waals surface area contributed by atoms with E-state index < -0.39 is 26.0 Å². The molecule has 3 N–H and O–H groups in total. The molecule has 0 aliphatic heterocycles. The maximum Gasteiger partial charge on any atom is 0.227 e. The van der Waals surface area contributed by atoms with Crippen molar-refractivity contribution in [1.82, 2.24) is 9.97 Å². The summed E-state index contributed by atoms with van der Waals surface area (Å²) in [5.41, 5.74) is 10.2. The fraction of sp³-hybridized carbons (Fsp3) is 0.375. The smallest absolute Gasteiger partial charge is 0.227 e. The second-order valence-corrected chi connectivity index (χ2v) is 12.7. The number of hydrogen-bond acceptors (Lipinski definition) is 7. The Morgan fingerprint density at radius 1 is 1.15 bits per heavy atom. The second-order valence-electron chi connectivity index (χ2n) is 8.43. The van der Waals surface area contributed by atoms with Gasteiger partial charge in [-0.3, -0.25) is 4.98 Å². The Kier molecular flexibility index (Phi) is 8.57. The van der Waals surface area contributed by atoms with Crippen molar-refractivity contribution in [2.24, 2.45) is 5.73 Å². The lowest BCUT2D eigenvalue weighted by atomic mass is 9.99. The Balaban J connectivity index is 0.000000222. The first kappa shape index (κ1) is 25.9. The third kappa shape index (κ3) is 5.78. The van der Waals surface area contributed by atoms with Gasteiger partial charge in [0.2, 0.25) is 10.3 Å². The predicted octanol–water partition coefficient (Wildman–Crippen LogP) is 4.11. The molecule has 2 aromatic carbocycles. The summed E-state index contributed by atoms with van der Waals surface area (Å²) in [7, 11) is -2.46. The van der Waals surface area contributed by atoms with Gasteiger partial charge in [0.1, 0.15) is 6.10 Å². The van der Waals surface area contributed by atoms with E-state index in [1.54, 1.807) is 22.6 Å². The first-order chi connectivity index (χ1) is 16.3. The molecule has 3 unspecified atom stereocenters.